The molecule has 8 heteroatoms. The number of nitrogens with zero attached hydrogens (tertiary/aromatic N) is 3. The summed E-state index contributed by atoms with van der Waals surface area (Å²) in [7, 11) is 0. The van der Waals surface area contributed by atoms with Crippen molar-refractivity contribution in [2.75, 3.05) is 4.90 Å². The summed E-state index contributed by atoms with van der Waals surface area (Å²) in [4.78, 5) is 42.0. The lowest BCUT2D eigenvalue weighted by molar-refractivity contribution is -0.124. The minimum absolute atomic E-state index is 0.223. The number of anilines is 1. The molecule has 1 unspecified atom stereocenters. The zero-order chi connectivity index (χ0) is 23.6. The van der Waals surface area contributed by atoms with Crippen LogP contribution in [-0.2, 0) is 9.59 Å². The molecule has 0 N–H and O–H groups in total. The number of hydrogen-bond donors (Lipinski definition) is 0. The molecule has 3 aromatic carbocycles. The highest BCUT2D eigenvalue weighted by molar-refractivity contribution is 6.24. The lowest BCUT2D eigenvalue weighted by Gasteiger charge is -2.33. The van der Waals surface area contributed by atoms with E-state index in [0.29, 0.717) is 0 Å². The first-order valence-electron chi connectivity index (χ1n) is 10.8. The molecule has 0 aromatic heterocycles. The zero-order valence-electron chi connectivity index (χ0n) is 17.6. The van der Waals surface area contributed by atoms with Crippen molar-refractivity contribution in [3.8, 4) is 0 Å². The maximum absolute atomic E-state index is 13.7. The quantitative estimate of drug-likeness (QED) is 0.444. The van der Waals surface area contributed by atoms with Crippen LogP contribution in [0.5, 0.6) is 0 Å². The van der Waals surface area contributed by atoms with Crippen LogP contribution in [0.25, 0.3) is 0 Å². The Morgan fingerprint density at radius 2 is 1.41 bits per heavy atom. The Morgan fingerprint density at radius 1 is 0.794 bits per heavy atom. The van der Waals surface area contributed by atoms with Crippen molar-refractivity contribution in [1.82, 2.24) is 5.01 Å². The second-order valence-electron chi connectivity index (χ2n) is 8.55. The van der Waals surface area contributed by atoms with Crippen molar-refractivity contribution >= 4 is 29.5 Å². The van der Waals surface area contributed by atoms with Gasteiger partial charge in [0.05, 0.1) is 29.8 Å². The average Bonchev–Trinajstić information content (AvgIpc) is 3.32. The van der Waals surface area contributed by atoms with Gasteiger partial charge in [-0.25, -0.2) is 13.7 Å². The Morgan fingerprint density at radius 3 is 2.12 bits per heavy atom. The van der Waals surface area contributed by atoms with Crippen LogP contribution in [0.3, 0.4) is 0 Å². The summed E-state index contributed by atoms with van der Waals surface area (Å²) >= 11 is 0. The monoisotopic (exact) mass is 457 g/mol. The van der Waals surface area contributed by atoms with Gasteiger partial charge in [0.2, 0.25) is 11.8 Å². The van der Waals surface area contributed by atoms with Crippen LogP contribution >= 0.6 is 0 Å². The molecule has 3 aliphatic rings. The van der Waals surface area contributed by atoms with E-state index in [0.717, 1.165) is 16.0 Å². The molecule has 3 aliphatic heterocycles. The van der Waals surface area contributed by atoms with Gasteiger partial charge in [-0.05, 0) is 59.7 Å². The van der Waals surface area contributed by atoms with Gasteiger partial charge in [0.25, 0.3) is 0 Å². The van der Waals surface area contributed by atoms with E-state index in [2.05, 4.69) is 5.10 Å². The maximum Gasteiger partial charge on any atom is 0.240 e. The molecular weight excluding hydrogens is 440 g/mol. The summed E-state index contributed by atoms with van der Waals surface area (Å²) in [5.74, 6) is -4.25. The number of halogens is 2. The molecule has 6 nitrogen and oxygen atoms in total. The van der Waals surface area contributed by atoms with Gasteiger partial charge in [0, 0.05) is 5.56 Å². The van der Waals surface area contributed by atoms with E-state index in [9.17, 15) is 23.2 Å². The predicted molar refractivity (Wildman–Crippen MR) is 119 cm³/mol. The van der Waals surface area contributed by atoms with E-state index >= 15 is 0 Å². The fourth-order valence-electron chi connectivity index (χ4n) is 5.30. The second kappa shape index (κ2) is 7.41. The fraction of sp³-hybridized carbons (Fsp3) is 0.154. The number of hydrogen-bond acceptors (Lipinski definition) is 5. The van der Waals surface area contributed by atoms with Gasteiger partial charge in [-0.1, -0.05) is 24.3 Å². The van der Waals surface area contributed by atoms with Crippen LogP contribution in [0.4, 0.5) is 14.5 Å². The first kappa shape index (κ1) is 20.4. The first-order valence-corrected chi connectivity index (χ1v) is 10.8. The largest absolute Gasteiger partial charge is 0.292 e. The topological polar surface area (TPSA) is 70.0 Å². The normalized spacial score (nSPS) is 24.8. The molecule has 34 heavy (non-hydrogen) atoms. The third kappa shape index (κ3) is 2.84. The number of carbonyl (C=O) groups excluding carboxylic acids is 3. The van der Waals surface area contributed by atoms with Crippen molar-refractivity contribution in [2.24, 2.45) is 16.9 Å². The van der Waals surface area contributed by atoms with Gasteiger partial charge in [0.1, 0.15) is 17.7 Å². The number of carbonyl (C=O) groups is 3. The van der Waals surface area contributed by atoms with E-state index in [1.54, 1.807) is 11.2 Å². The molecule has 3 aromatic rings. The molecule has 0 radical (unpaired) electrons. The van der Waals surface area contributed by atoms with Crippen molar-refractivity contribution in [1.29, 1.82) is 0 Å². The lowest BCUT2D eigenvalue weighted by Crippen LogP contribution is -2.44. The molecule has 0 saturated carbocycles. The highest BCUT2D eigenvalue weighted by Crippen LogP contribution is 2.53. The van der Waals surface area contributed by atoms with Crippen LogP contribution in [0.15, 0.2) is 77.9 Å². The number of rotatable bonds is 3. The fourth-order valence-corrected chi connectivity index (χ4v) is 5.30. The summed E-state index contributed by atoms with van der Waals surface area (Å²) in [5.41, 5.74) is 2.07. The summed E-state index contributed by atoms with van der Waals surface area (Å²) in [6.07, 6.45) is 1.62. The maximum atomic E-state index is 13.7. The van der Waals surface area contributed by atoms with Crippen LogP contribution in [0, 0.1) is 23.5 Å². The Balaban J connectivity index is 1.49. The van der Waals surface area contributed by atoms with Crippen molar-refractivity contribution in [3.63, 3.8) is 0 Å². The van der Waals surface area contributed by atoms with E-state index in [-0.39, 0.29) is 11.3 Å². The Bertz CT molecular complexity index is 1370. The van der Waals surface area contributed by atoms with E-state index in [4.69, 9.17) is 0 Å². The van der Waals surface area contributed by atoms with E-state index in [1.807, 2.05) is 24.3 Å². The highest BCUT2D eigenvalue weighted by Gasteiger charge is 2.65. The molecule has 2 amide bonds. The van der Waals surface area contributed by atoms with Gasteiger partial charge in [-0.15, -0.1) is 0 Å². The van der Waals surface area contributed by atoms with Crippen LogP contribution in [0.1, 0.15) is 27.5 Å². The van der Waals surface area contributed by atoms with E-state index < -0.39 is 53.2 Å². The first-order chi connectivity index (χ1) is 16.5. The number of benzene rings is 3. The standard InChI is InChI=1S/C26H17F2N3O3/c27-16-7-5-14(6-8-16)24(32)23-21-20(22-19-4-2-1-3-15(19)13-29-31(22)23)25(33)30(26(21)34)18-11-9-17(28)10-12-18/h1-13,20-23H/t20-,21+,22?,23-/m1/s1. The number of hydrazone groups is 1. The third-order valence-corrected chi connectivity index (χ3v) is 6.78. The summed E-state index contributed by atoms with van der Waals surface area (Å²) in [5, 5.41) is 6.02. The zero-order valence-corrected chi connectivity index (χ0v) is 17.6. The van der Waals surface area contributed by atoms with Crippen molar-refractivity contribution in [3.05, 3.63) is 101 Å². The van der Waals surface area contributed by atoms with Gasteiger partial charge in [-0.3, -0.25) is 19.4 Å². The smallest absolute Gasteiger partial charge is 0.240 e. The van der Waals surface area contributed by atoms with Gasteiger partial charge < -0.3 is 0 Å². The Kier molecular flexibility index (Phi) is 4.45. The molecule has 2 saturated heterocycles. The summed E-state index contributed by atoms with van der Waals surface area (Å²) in [6, 6.07) is 15.9. The van der Waals surface area contributed by atoms with Crippen LogP contribution < -0.4 is 4.90 Å². The van der Waals surface area contributed by atoms with Gasteiger partial charge in [-0.2, -0.15) is 5.10 Å². The minimum Gasteiger partial charge on any atom is -0.292 e. The minimum atomic E-state index is -1.05. The van der Waals surface area contributed by atoms with E-state index in [1.165, 1.54) is 48.5 Å². The molecule has 6 rings (SSSR count). The van der Waals surface area contributed by atoms with Gasteiger partial charge >= 0.3 is 0 Å². The molecule has 0 spiro atoms. The number of amides is 2. The molecule has 4 atom stereocenters. The molecule has 0 aliphatic carbocycles. The SMILES string of the molecule is O=C(c1ccc(F)cc1)[C@H]1[C@H]2C(=O)N(c3ccc(F)cc3)C(=O)[C@H]2C2c3ccccc3C=NN21. The predicted octanol–water partition coefficient (Wildman–Crippen LogP) is 3.73. The second-order valence-corrected chi connectivity index (χ2v) is 8.55. The summed E-state index contributed by atoms with van der Waals surface area (Å²) < 4.78 is 27.0. The third-order valence-electron chi connectivity index (χ3n) is 6.78. The Hall–Kier alpha value is -4.20. The molecule has 2 fully saturated rings. The van der Waals surface area contributed by atoms with Crippen LogP contribution in [-0.4, -0.2) is 34.9 Å². The van der Waals surface area contributed by atoms with Crippen molar-refractivity contribution in [2.45, 2.75) is 12.1 Å². The molecule has 3 heterocycles. The lowest BCUT2D eigenvalue weighted by atomic mass is 9.83. The van der Waals surface area contributed by atoms with Crippen molar-refractivity contribution < 1.29 is 23.2 Å². The summed E-state index contributed by atoms with van der Waals surface area (Å²) in [6.45, 7) is 0. The average molecular weight is 457 g/mol. The number of fused-ring (bicyclic) bond motifs is 5. The molecular formula is C26H17F2N3O3. The Labute approximate surface area is 193 Å². The molecule has 0 bridgehead atoms. The highest BCUT2D eigenvalue weighted by atomic mass is 19.1. The number of imide groups is 1. The number of ketones is 1. The van der Waals surface area contributed by atoms with Gasteiger partial charge in [0.15, 0.2) is 5.78 Å². The number of Topliss-reactive ketones (excluding diaryl/α,β-unsaturated/α-hetero) is 1. The molecule has 168 valence electrons. The van der Waals surface area contributed by atoms with Crippen LogP contribution in [0.2, 0.25) is 0 Å².